The molecule has 182 valence electrons. The monoisotopic (exact) mass is 470 g/mol. The molecule has 3 heterocycles. The first-order valence-electron chi connectivity index (χ1n) is 11.4. The summed E-state index contributed by atoms with van der Waals surface area (Å²) in [6.45, 7) is 6.94. The molecule has 1 aromatic carbocycles. The van der Waals surface area contributed by atoms with E-state index >= 15 is 0 Å². The van der Waals surface area contributed by atoms with Gasteiger partial charge < -0.3 is 25.4 Å². The number of rotatable bonds is 7. The second-order valence-corrected chi connectivity index (χ2v) is 9.67. The first-order valence-corrected chi connectivity index (χ1v) is 11.4. The molecule has 0 saturated carbocycles. The smallest absolute Gasteiger partial charge is 0.328 e. The SMILES string of the molecule is CC(C)CC(C(=O)NC(C(=O)O)C(C)O)N1C(=O)N2CCc3c([nH]c4ccccc34)C2(C)C1=O. The molecule has 10 heteroatoms. The fourth-order valence-electron chi connectivity index (χ4n) is 5.11. The number of aliphatic hydroxyl groups excluding tert-OH is 1. The number of nitrogens with zero attached hydrogens (tertiary/aromatic N) is 2. The highest BCUT2D eigenvalue weighted by molar-refractivity contribution is 6.11. The number of fused-ring (bicyclic) bond motifs is 5. The number of aromatic nitrogens is 1. The first-order chi connectivity index (χ1) is 16.0. The summed E-state index contributed by atoms with van der Waals surface area (Å²) in [4.78, 5) is 57.9. The van der Waals surface area contributed by atoms with Crippen molar-refractivity contribution in [3.63, 3.8) is 0 Å². The van der Waals surface area contributed by atoms with E-state index in [9.17, 15) is 29.4 Å². The molecular weight excluding hydrogens is 440 g/mol. The molecule has 0 aliphatic carbocycles. The number of benzene rings is 1. The number of imide groups is 1. The van der Waals surface area contributed by atoms with Crippen LogP contribution in [0.15, 0.2) is 24.3 Å². The number of urea groups is 1. The van der Waals surface area contributed by atoms with Crippen molar-refractivity contribution in [2.24, 2.45) is 5.92 Å². The number of hydrogen-bond acceptors (Lipinski definition) is 5. The van der Waals surface area contributed by atoms with Gasteiger partial charge in [0, 0.05) is 17.4 Å². The number of carbonyl (C=O) groups is 4. The molecule has 2 aliphatic heterocycles. The molecule has 1 saturated heterocycles. The summed E-state index contributed by atoms with van der Waals surface area (Å²) in [7, 11) is 0. The molecule has 34 heavy (non-hydrogen) atoms. The van der Waals surface area contributed by atoms with E-state index in [2.05, 4.69) is 10.3 Å². The second kappa shape index (κ2) is 8.43. The van der Waals surface area contributed by atoms with Crippen LogP contribution in [-0.4, -0.2) is 73.5 Å². The lowest BCUT2D eigenvalue weighted by Crippen LogP contribution is -2.56. The van der Waals surface area contributed by atoms with Gasteiger partial charge in [0.2, 0.25) is 5.91 Å². The highest BCUT2D eigenvalue weighted by atomic mass is 16.4. The van der Waals surface area contributed by atoms with Crippen LogP contribution in [0.1, 0.15) is 45.4 Å². The maximum atomic E-state index is 13.9. The zero-order valence-electron chi connectivity index (χ0n) is 19.7. The lowest BCUT2D eigenvalue weighted by atomic mass is 9.86. The molecule has 10 nitrogen and oxygen atoms in total. The van der Waals surface area contributed by atoms with E-state index in [1.54, 1.807) is 6.92 Å². The molecular formula is C24H30N4O6. The number of carbonyl (C=O) groups excluding carboxylic acids is 3. The van der Waals surface area contributed by atoms with Gasteiger partial charge in [0.1, 0.15) is 6.04 Å². The molecule has 4 amide bonds. The van der Waals surface area contributed by atoms with Crippen LogP contribution in [-0.2, 0) is 26.3 Å². The molecule has 4 unspecified atom stereocenters. The zero-order valence-corrected chi connectivity index (χ0v) is 19.7. The number of amides is 4. The summed E-state index contributed by atoms with van der Waals surface area (Å²) in [5.41, 5.74) is 1.17. The third-order valence-corrected chi connectivity index (χ3v) is 6.85. The predicted octanol–water partition coefficient (Wildman–Crippen LogP) is 1.57. The van der Waals surface area contributed by atoms with Crippen LogP contribution in [0.5, 0.6) is 0 Å². The van der Waals surface area contributed by atoms with Crippen molar-refractivity contribution in [1.29, 1.82) is 0 Å². The average molecular weight is 471 g/mol. The normalized spacial score (nSPS) is 22.5. The molecule has 4 atom stereocenters. The largest absolute Gasteiger partial charge is 0.480 e. The molecule has 0 spiro atoms. The number of carboxylic acids is 1. The Morgan fingerprint density at radius 3 is 2.50 bits per heavy atom. The van der Waals surface area contributed by atoms with Gasteiger partial charge in [-0.2, -0.15) is 0 Å². The van der Waals surface area contributed by atoms with Gasteiger partial charge in [0.05, 0.1) is 11.8 Å². The van der Waals surface area contributed by atoms with Crippen LogP contribution < -0.4 is 5.32 Å². The number of aliphatic carboxylic acids is 1. The molecule has 2 aliphatic rings. The van der Waals surface area contributed by atoms with Gasteiger partial charge in [-0.3, -0.25) is 9.59 Å². The molecule has 2 aromatic rings. The Kier molecular flexibility index (Phi) is 5.89. The van der Waals surface area contributed by atoms with Gasteiger partial charge >= 0.3 is 12.0 Å². The number of para-hydroxylation sites is 1. The Morgan fingerprint density at radius 1 is 1.21 bits per heavy atom. The van der Waals surface area contributed by atoms with Crippen LogP contribution in [0.2, 0.25) is 0 Å². The predicted molar refractivity (Wildman–Crippen MR) is 123 cm³/mol. The first kappa shape index (κ1) is 23.7. The van der Waals surface area contributed by atoms with Gasteiger partial charge in [0.25, 0.3) is 5.91 Å². The van der Waals surface area contributed by atoms with Gasteiger partial charge in [-0.05, 0) is 44.2 Å². The minimum atomic E-state index is -1.56. The standard InChI is InChI=1S/C24H30N4O6/c1-12(2)11-17(20(30)26-18(13(3)29)21(31)32)28-22(33)24(4)19-15(9-10-27(24)23(28)34)14-7-5-6-8-16(14)25-19/h5-8,12-13,17-18,25,29H,9-11H2,1-4H3,(H,26,30)(H,31,32). The molecule has 0 radical (unpaired) electrons. The van der Waals surface area contributed by atoms with E-state index in [0.717, 1.165) is 21.4 Å². The number of hydrogen-bond donors (Lipinski definition) is 4. The molecule has 1 aromatic heterocycles. The van der Waals surface area contributed by atoms with Crippen molar-refractivity contribution in [2.75, 3.05) is 6.54 Å². The number of H-pyrrole nitrogens is 1. The van der Waals surface area contributed by atoms with Gasteiger partial charge in [0.15, 0.2) is 11.6 Å². The third-order valence-electron chi connectivity index (χ3n) is 6.85. The Morgan fingerprint density at radius 2 is 1.88 bits per heavy atom. The molecule has 0 bridgehead atoms. The van der Waals surface area contributed by atoms with E-state index in [1.807, 2.05) is 38.1 Å². The van der Waals surface area contributed by atoms with Crippen molar-refractivity contribution in [3.05, 3.63) is 35.5 Å². The Balaban J connectivity index is 1.74. The number of nitrogens with one attached hydrogen (secondary N) is 2. The van der Waals surface area contributed by atoms with Crippen molar-refractivity contribution in [3.8, 4) is 0 Å². The summed E-state index contributed by atoms with van der Waals surface area (Å²) in [5.74, 6) is -2.79. The molecule has 1 fully saturated rings. The summed E-state index contributed by atoms with van der Waals surface area (Å²) < 4.78 is 0. The van der Waals surface area contributed by atoms with E-state index in [1.165, 1.54) is 11.8 Å². The fraction of sp³-hybridized carbons (Fsp3) is 0.500. The van der Waals surface area contributed by atoms with Gasteiger partial charge in [-0.1, -0.05) is 32.0 Å². The zero-order chi connectivity index (χ0) is 24.9. The summed E-state index contributed by atoms with van der Waals surface area (Å²) in [6.07, 6.45) is -0.644. The quantitative estimate of drug-likeness (QED) is 0.453. The topological polar surface area (TPSA) is 143 Å². The van der Waals surface area contributed by atoms with Crippen molar-refractivity contribution in [1.82, 2.24) is 20.1 Å². The minimum Gasteiger partial charge on any atom is -0.480 e. The lowest BCUT2D eigenvalue weighted by molar-refractivity contribution is -0.146. The summed E-state index contributed by atoms with van der Waals surface area (Å²) in [5, 5.41) is 22.5. The van der Waals surface area contributed by atoms with Gasteiger partial charge in [-0.25, -0.2) is 14.5 Å². The fourth-order valence-corrected chi connectivity index (χ4v) is 5.11. The summed E-state index contributed by atoms with van der Waals surface area (Å²) >= 11 is 0. The van der Waals surface area contributed by atoms with Crippen LogP contribution in [0.25, 0.3) is 10.9 Å². The van der Waals surface area contributed by atoms with E-state index < -0.39 is 47.5 Å². The maximum Gasteiger partial charge on any atom is 0.328 e. The number of aliphatic hydroxyl groups is 1. The van der Waals surface area contributed by atoms with E-state index in [-0.39, 0.29) is 12.3 Å². The van der Waals surface area contributed by atoms with Crippen molar-refractivity contribution >= 4 is 34.7 Å². The Bertz CT molecular complexity index is 1170. The molecule has 4 N–H and O–H groups in total. The van der Waals surface area contributed by atoms with Crippen LogP contribution in [0, 0.1) is 5.92 Å². The van der Waals surface area contributed by atoms with Crippen molar-refractivity contribution < 1.29 is 29.4 Å². The number of carboxylic acid groups (broad SMARTS) is 1. The molecule has 4 rings (SSSR count). The van der Waals surface area contributed by atoms with Gasteiger partial charge in [-0.15, -0.1) is 0 Å². The van der Waals surface area contributed by atoms with E-state index in [0.29, 0.717) is 18.7 Å². The Labute approximate surface area is 196 Å². The Hall–Kier alpha value is -3.40. The van der Waals surface area contributed by atoms with Crippen LogP contribution in [0.3, 0.4) is 0 Å². The van der Waals surface area contributed by atoms with Crippen LogP contribution >= 0.6 is 0 Å². The van der Waals surface area contributed by atoms with Crippen LogP contribution in [0.4, 0.5) is 4.79 Å². The summed E-state index contributed by atoms with van der Waals surface area (Å²) in [6, 6.07) is 4.34. The minimum absolute atomic E-state index is 0.0692. The van der Waals surface area contributed by atoms with Crippen molar-refractivity contribution in [2.45, 2.75) is 64.3 Å². The maximum absolute atomic E-state index is 13.9. The van der Waals surface area contributed by atoms with E-state index in [4.69, 9.17) is 0 Å². The highest BCUT2D eigenvalue weighted by Gasteiger charge is 2.60. The second-order valence-electron chi connectivity index (χ2n) is 9.67. The average Bonchev–Trinajstić information content (AvgIpc) is 3.24. The highest BCUT2D eigenvalue weighted by Crippen LogP contribution is 2.44. The lowest BCUT2D eigenvalue weighted by Gasteiger charge is -2.36. The third kappa shape index (κ3) is 3.53. The number of aromatic amines is 1.